The van der Waals surface area contributed by atoms with Gasteiger partial charge in [0.05, 0.1) is 0 Å². The Morgan fingerprint density at radius 3 is 1.71 bits per heavy atom. The van der Waals surface area contributed by atoms with E-state index < -0.39 is 25.7 Å². The van der Waals surface area contributed by atoms with Gasteiger partial charge in [0.1, 0.15) is 0 Å². The summed E-state index contributed by atoms with van der Waals surface area (Å²) in [6, 6.07) is 2.32. The van der Waals surface area contributed by atoms with E-state index in [9.17, 15) is 0 Å². The second-order valence-corrected chi connectivity index (χ2v) is 18.3. The van der Waals surface area contributed by atoms with Gasteiger partial charge in [-0.1, -0.05) is 44.3 Å². The fourth-order valence-corrected chi connectivity index (χ4v) is 15.4. The average molecular weight is 295 g/mol. The molecule has 0 fully saturated rings. The summed E-state index contributed by atoms with van der Waals surface area (Å²) in [7, 11) is 1.36. The second-order valence-electron chi connectivity index (χ2n) is 5.91. The van der Waals surface area contributed by atoms with E-state index >= 15 is 0 Å². The first-order valence-electron chi connectivity index (χ1n) is 6.46. The van der Waals surface area contributed by atoms with Crippen molar-refractivity contribution in [2.24, 2.45) is 0 Å². The standard InChI is InChI=1S/C11H30O3Si3/c1-12-17(13-2,14-3)10-8-9-16(6,7)11-15(4)5/h15H,8-11H2,1-7H3. The van der Waals surface area contributed by atoms with Crippen molar-refractivity contribution in [1.29, 1.82) is 0 Å². The van der Waals surface area contributed by atoms with Gasteiger partial charge in [-0.05, 0) is 0 Å². The van der Waals surface area contributed by atoms with Gasteiger partial charge >= 0.3 is 8.80 Å². The summed E-state index contributed by atoms with van der Waals surface area (Å²) in [6.07, 6.45) is 1.18. The molecule has 3 nitrogen and oxygen atoms in total. The molecule has 6 heteroatoms. The molecule has 0 unspecified atom stereocenters. The lowest BCUT2D eigenvalue weighted by atomic mass is 10.6. The molecule has 0 bridgehead atoms. The molecule has 0 aromatic rings. The first kappa shape index (κ1) is 17.5. The van der Waals surface area contributed by atoms with Crippen molar-refractivity contribution in [2.75, 3.05) is 21.3 Å². The van der Waals surface area contributed by atoms with Gasteiger partial charge in [0, 0.05) is 44.2 Å². The van der Waals surface area contributed by atoms with Crippen LogP contribution in [0.1, 0.15) is 6.42 Å². The van der Waals surface area contributed by atoms with Gasteiger partial charge in [-0.25, -0.2) is 0 Å². The van der Waals surface area contributed by atoms with E-state index in [0.29, 0.717) is 0 Å². The van der Waals surface area contributed by atoms with Crippen LogP contribution in [-0.2, 0) is 13.3 Å². The van der Waals surface area contributed by atoms with E-state index in [0.717, 1.165) is 6.04 Å². The highest BCUT2D eigenvalue weighted by Crippen LogP contribution is 2.24. The fourth-order valence-electron chi connectivity index (χ4n) is 2.55. The van der Waals surface area contributed by atoms with Gasteiger partial charge in [-0.15, -0.1) is 0 Å². The van der Waals surface area contributed by atoms with Gasteiger partial charge in [-0.2, -0.15) is 0 Å². The lowest BCUT2D eigenvalue weighted by molar-refractivity contribution is 0.123. The van der Waals surface area contributed by atoms with Crippen LogP contribution < -0.4 is 0 Å². The molecular weight excluding hydrogens is 264 g/mol. The topological polar surface area (TPSA) is 27.7 Å². The third kappa shape index (κ3) is 6.88. The Labute approximate surface area is 111 Å². The summed E-state index contributed by atoms with van der Waals surface area (Å²) < 4.78 is 16.4. The van der Waals surface area contributed by atoms with E-state index in [2.05, 4.69) is 26.2 Å². The van der Waals surface area contributed by atoms with E-state index in [1.165, 1.54) is 18.1 Å². The van der Waals surface area contributed by atoms with Gasteiger partial charge in [0.2, 0.25) is 0 Å². The molecule has 0 radical (unpaired) electrons. The molecule has 0 aromatic heterocycles. The summed E-state index contributed by atoms with van der Waals surface area (Å²) in [5.74, 6) is 0. The number of hydrogen-bond acceptors (Lipinski definition) is 3. The largest absolute Gasteiger partial charge is 0.500 e. The number of hydrogen-bond donors (Lipinski definition) is 0. The minimum absolute atomic E-state index is 0.423. The number of rotatable bonds is 9. The van der Waals surface area contributed by atoms with E-state index in [1.807, 2.05) is 0 Å². The summed E-state index contributed by atoms with van der Waals surface area (Å²) >= 11 is 0. The van der Waals surface area contributed by atoms with Crippen LogP contribution in [0.2, 0.25) is 43.9 Å². The molecule has 0 heterocycles. The first-order valence-corrected chi connectivity index (χ1v) is 14.9. The van der Waals surface area contributed by atoms with Gasteiger partial charge in [0.25, 0.3) is 0 Å². The Morgan fingerprint density at radius 2 is 1.35 bits per heavy atom. The maximum Gasteiger partial charge on any atom is 0.500 e. The first-order chi connectivity index (χ1) is 7.81. The van der Waals surface area contributed by atoms with Gasteiger partial charge in [0.15, 0.2) is 0 Å². The molecule has 0 aliphatic rings. The van der Waals surface area contributed by atoms with Crippen LogP contribution in [0, 0.1) is 0 Å². The van der Waals surface area contributed by atoms with Crippen molar-refractivity contribution in [3.05, 3.63) is 0 Å². The zero-order valence-electron chi connectivity index (χ0n) is 12.6. The highest BCUT2D eigenvalue weighted by molar-refractivity contribution is 6.87. The normalized spacial score (nSPS) is 13.4. The predicted molar refractivity (Wildman–Crippen MR) is 82.2 cm³/mol. The molecule has 0 spiro atoms. The summed E-state index contributed by atoms with van der Waals surface area (Å²) in [4.78, 5) is 0. The van der Waals surface area contributed by atoms with Crippen LogP contribution >= 0.6 is 0 Å². The van der Waals surface area contributed by atoms with Crippen LogP contribution in [0.3, 0.4) is 0 Å². The molecule has 0 aromatic carbocycles. The third-order valence-corrected chi connectivity index (χ3v) is 15.5. The monoisotopic (exact) mass is 294 g/mol. The van der Waals surface area contributed by atoms with Crippen molar-refractivity contribution in [3.8, 4) is 0 Å². The zero-order chi connectivity index (χ0) is 13.5. The lowest BCUT2D eigenvalue weighted by Gasteiger charge is -2.27. The van der Waals surface area contributed by atoms with Crippen LogP contribution in [0.5, 0.6) is 0 Å². The Kier molecular flexibility index (Phi) is 8.10. The molecule has 0 N–H and O–H groups in total. The molecule has 104 valence electrons. The smallest absolute Gasteiger partial charge is 0.377 e. The molecule has 0 saturated heterocycles. The SMILES string of the molecule is CO[Si](CCC[Si](C)(C)C[SiH](C)C)(OC)OC. The highest BCUT2D eigenvalue weighted by Gasteiger charge is 2.37. The predicted octanol–water partition coefficient (Wildman–Crippen LogP) is 2.99. The second kappa shape index (κ2) is 7.85. The van der Waals surface area contributed by atoms with E-state index in [-0.39, 0.29) is 0 Å². The minimum atomic E-state index is -2.32. The van der Waals surface area contributed by atoms with Crippen molar-refractivity contribution in [1.82, 2.24) is 0 Å². The Morgan fingerprint density at radius 1 is 0.882 bits per heavy atom. The minimum Gasteiger partial charge on any atom is -0.377 e. The van der Waals surface area contributed by atoms with Crippen LogP contribution in [0.4, 0.5) is 0 Å². The molecule has 0 amide bonds. The highest BCUT2D eigenvalue weighted by atomic mass is 28.4. The van der Waals surface area contributed by atoms with Gasteiger partial charge < -0.3 is 13.3 Å². The molecule has 0 aliphatic carbocycles. The fraction of sp³-hybridized carbons (Fsp3) is 1.00. The van der Waals surface area contributed by atoms with Crippen LogP contribution in [0.25, 0.3) is 0 Å². The van der Waals surface area contributed by atoms with Crippen molar-refractivity contribution >= 4 is 25.7 Å². The van der Waals surface area contributed by atoms with Gasteiger partial charge in [-0.3, -0.25) is 0 Å². The lowest BCUT2D eigenvalue weighted by Crippen LogP contribution is -2.43. The summed E-state index contributed by atoms with van der Waals surface area (Å²) in [5, 5.41) is 0. The summed E-state index contributed by atoms with van der Waals surface area (Å²) in [5.41, 5.74) is 1.54. The Hall–Kier alpha value is 0.531. The molecule has 0 atom stereocenters. The maximum atomic E-state index is 5.45. The van der Waals surface area contributed by atoms with Crippen molar-refractivity contribution < 1.29 is 13.3 Å². The molecule has 0 saturated carbocycles. The average Bonchev–Trinajstić information content (AvgIpc) is 2.23. The molecule has 17 heavy (non-hydrogen) atoms. The zero-order valence-corrected chi connectivity index (χ0v) is 15.8. The van der Waals surface area contributed by atoms with Crippen molar-refractivity contribution in [3.63, 3.8) is 0 Å². The maximum absolute atomic E-state index is 5.45. The third-order valence-electron chi connectivity index (χ3n) is 3.23. The van der Waals surface area contributed by atoms with E-state index in [1.54, 1.807) is 21.3 Å². The van der Waals surface area contributed by atoms with Crippen molar-refractivity contribution in [2.45, 2.75) is 50.4 Å². The van der Waals surface area contributed by atoms with E-state index in [4.69, 9.17) is 13.3 Å². The van der Waals surface area contributed by atoms with Crippen LogP contribution in [0.15, 0.2) is 0 Å². The molecule has 0 aliphatic heterocycles. The Balaban J connectivity index is 4.12. The molecule has 0 rings (SSSR count). The summed E-state index contributed by atoms with van der Waals surface area (Å²) in [6.45, 7) is 9.92. The quantitative estimate of drug-likeness (QED) is 0.612. The Bertz CT molecular complexity index is 198. The van der Waals surface area contributed by atoms with Crippen LogP contribution in [-0.4, -0.2) is 47.0 Å². The molecular formula is C11H30O3Si3.